The quantitative estimate of drug-likeness (QED) is 0.543. The number of carbonyl (C=O) groups excluding carboxylic acids is 1. The molecule has 2 aromatic rings. The molecule has 38 heavy (non-hydrogen) atoms. The third-order valence-corrected chi connectivity index (χ3v) is 9.40. The van der Waals surface area contributed by atoms with Crippen LogP contribution in [0.2, 0.25) is 0 Å². The number of esters is 1. The molecule has 2 aliphatic heterocycles. The molecule has 6 atom stereocenters. The predicted octanol–water partition coefficient (Wildman–Crippen LogP) is 2.89. The number of fused-ring (bicyclic) bond motifs is 3. The largest absolute Gasteiger partial charge is 0.504 e. The Hall–Kier alpha value is -3.05. The van der Waals surface area contributed by atoms with Gasteiger partial charge in [0.05, 0.1) is 31.4 Å². The molecule has 0 amide bonds. The summed E-state index contributed by atoms with van der Waals surface area (Å²) in [7, 11) is 8.15. The molecule has 0 radical (unpaired) electrons. The van der Waals surface area contributed by atoms with Crippen molar-refractivity contribution in [1.29, 1.82) is 0 Å². The fraction of sp³-hybridized carbons (Fsp3) is 0.536. The van der Waals surface area contributed by atoms with Gasteiger partial charge in [-0.05, 0) is 56.3 Å². The summed E-state index contributed by atoms with van der Waals surface area (Å²) in [6.45, 7) is 0.726. The number of ether oxygens (including phenoxy) is 6. The maximum absolute atomic E-state index is 13.4. The minimum atomic E-state index is -1.29. The second-order valence-electron chi connectivity index (χ2n) is 10.6. The van der Waals surface area contributed by atoms with E-state index < -0.39 is 34.9 Å². The average molecular weight is 528 g/mol. The molecule has 2 heterocycles. The lowest BCUT2D eigenvalue weighted by molar-refractivity contribution is -0.338. The SMILES string of the molecule is COc1cc(C(=O)OC2CC34CCN(C)C35CC(OC5(OC)C2OC)c2ccc(OC)c(O)c24)ccc1O. The topological polar surface area (TPSA) is 116 Å². The smallest absolute Gasteiger partial charge is 0.338 e. The number of carbonyl (C=O) groups is 1. The fourth-order valence-electron chi connectivity index (χ4n) is 7.99. The fourth-order valence-corrected chi connectivity index (χ4v) is 7.99. The van der Waals surface area contributed by atoms with E-state index in [1.165, 1.54) is 32.4 Å². The van der Waals surface area contributed by atoms with Gasteiger partial charge in [-0.15, -0.1) is 0 Å². The van der Waals surface area contributed by atoms with Crippen molar-refractivity contribution in [3.8, 4) is 23.0 Å². The normalized spacial score (nSPS) is 34.9. The van der Waals surface area contributed by atoms with Gasteiger partial charge in [0.15, 0.2) is 23.0 Å². The first-order valence-corrected chi connectivity index (χ1v) is 12.7. The Labute approximate surface area is 220 Å². The first-order chi connectivity index (χ1) is 18.2. The van der Waals surface area contributed by atoms with Gasteiger partial charge in [0.25, 0.3) is 0 Å². The van der Waals surface area contributed by atoms with Crippen LogP contribution in [0.25, 0.3) is 0 Å². The van der Waals surface area contributed by atoms with E-state index in [0.717, 1.165) is 17.7 Å². The van der Waals surface area contributed by atoms with Gasteiger partial charge in [-0.1, -0.05) is 6.07 Å². The number of phenolic OH excluding ortho intramolecular Hbond substituents is 2. The van der Waals surface area contributed by atoms with Crippen molar-refractivity contribution in [2.24, 2.45) is 0 Å². The summed E-state index contributed by atoms with van der Waals surface area (Å²) in [5, 5.41) is 21.5. The van der Waals surface area contributed by atoms with Crippen molar-refractivity contribution in [2.45, 2.75) is 54.3 Å². The summed E-state index contributed by atoms with van der Waals surface area (Å²) in [6, 6.07) is 8.01. The third kappa shape index (κ3) is 2.83. The van der Waals surface area contributed by atoms with E-state index in [0.29, 0.717) is 25.0 Å². The Kier molecular flexibility index (Phi) is 5.63. The summed E-state index contributed by atoms with van der Waals surface area (Å²) in [5.74, 6) is -1.34. The van der Waals surface area contributed by atoms with Crippen LogP contribution in [0.4, 0.5) is 0 Å². The number of phenols is 2. The lowest BCUT2D eigenvalue weighted by Crippen LogP contribution is -2.77. The molecular weight excluding hydrogens is 494 g/mol. The number of aromatic hydroxyl groups is 2. The number of hydrogen-bond donors (Lipinski definition) is 2. The van der Waals surface area contributed by atoms with Gasteiger partial charge in [0.2, 0.25) is 5.79 Å². The molecule has 6 rings (SSSR count). The molecule has 2 N–H and O–H groups in total. The van der Waals surface area contributed by atoms with Crippen LogP contribution >= 0.6 is 0 Å². The first kappa shape index (κ1) is 25.2. The van der Waals surface area contributed by atoms with Gasteiger partial charge >= 0.3 is 5.97 Å². The highest BCUT2D eigenvalue weighted by molar-refractivity contribution is 5.90. The molecule has 4 aliphatic rings. The van der Waals surface area contributed by atoms with Gasteiger partial charge in [-0.2, -0.15) is 0 Å². The monoisotopic (exact) mass is 527 g/mol. The predicted molar refractivity (Wildman–Crippen MR) is 134 cm³/mol. The van der Waals surface area contributed by atoms with Crippen molar-refractivity contribution < 1.29 is 43.4 Å². The second-order valence-corrected chi connectivity index (χ2v) is 10.6. The Balaban J connectivity index is 1.51. The molecule has 1 saturated carbocycles. The number of likely N-dealkylation sites (N-methyl/N-ethyl adjacent to an activating group) is 1. The van der Waals surface area contributed by atoms with Crippen LogP contribution in [0.3, 0.4) is 0 Å². The van der Waals surface area contributed by atoms with Crippen molar-refractivity contribution in [3.63, 3.8) is 0 Å². The highest BCUT2D eigenvalue weighted by Crippen LogP contribution is 2.73. The number of likely N-dealkylation sites (tertiary alicyclic amines) is 1. The van der Waals surface area contributed by atoms with Crippen LogP contribution in [0.1, 0.15) is 46.9 Å². The first-order valence-electron chi connectivity index (χ1n) is 12.7. The van der Waals surface area contributed by atoms with E-state index in [9.17, 15) is 15.0 Å². The van der Waals surface area contributed by atoms with E-state index in [4.69, 9.17) is 28.4 Å². The third-order valence-electron chi connectivity index (χ3n) is 9.40. The maximum Gasteiger partial charge on any atom is 0.338 e. The van der Waals surface area contributed by atoms with Gasteiger partial charge in [0, 0.05) is 31.6 Å². The average Bonchev–Trinajstić information content (AvgIpc) is 3.42. The van der Waals surface area contributed by atoms with Crippen molar-refractivity contribution in [1.82, 2.24) is 4.90 Å². The zero-order valence-corrected chi connectivity index (χ0v) is 22.1. The Bertz CT molecular complexity index is 1300. The highest BCUT2D eigenvalue weighted by atomic mass is 16.7. The summed E-state index contributed by atoms with van der Waals surface area (Å²) in [6.07, 6.45) is -0.175. The molecule has 2 bridgehead atoms. The molecule has 2 aliphatic carbocycles. The number of nitrogens with zero attached hydrogens (tertiary/aromatic N) is 1. The van der Waals surface area contributed by atoms with Gasteiger partial charge in [-0.25, -0.2) is 4.79 Å². The molecule has 2 aromatic carbocycles. The number of hydrogen-bond acceptors (Lipinski definition) is 10. The van der Waals surface area contributed by atoms with E-state index in [1.54, 1.807) is 20.3 Å². The zero-order valence-electron chi connectivity index (χ0n) is 22.1. The minimum absolute atomic E-state index is 0.0779. The van der Waals surface area contributed by atoms with Crippen molar-refractivity contribution >= 4 is 5.97 Å². The summed E-state index contributed by atoms with van der Waals surface area (Å²) in [5.41, 5.74) is 0.518. The van der Waals surface area contributed by atoms with Crippen LogP contribution in [0, 0.1) is 0 Å². The van der Waals surface area contributed by atoms with E-state index in [-0.39, 0.29) is 28.9 Å². The number of rotatable bonds is 6. The summed E-state index contributed by atoms with van der Waals surface area (Å²) in [4.78, 5) is 15.7. The molecule has 1 spiro atoms. The molecule has 0 aromatic heterocycles. The van der Waals surface area contributed by atoms with Gasteiger partial charge < -0.3 is 38.6 Å². The summed E-state index contributed by atoms with van der Waals surface area (Å²) >= 11 is 0. The molecule has 2 saturated heterocycles. The molecule has 6 unspecified atom stereocenters. The van der Waals surface area contributed by atoms with E-state index >= 15 is 0 Å². The van der Waals surface area contributed by atoms with Crippen LogP contribution < -0.4 is 9.47 Å². The second kappa shape index (κ2) is 8.47. The molecule has 3 fully saturated rings. The standard InChI is InChI=1S/C28H33NO9/c1-29-11-10-26-13-21(37-25(32)15-6-8-17(30)19(12-15)34-3)24(35-4)28(36-5)27(26,29)14-20(38-28)16-7-9-18(33-2)23(31)22(16)26/h6-9,12,20-21,24,30-31H,10-11,13-14H2,1-5H3. The Morgan fingerprint density at radius 1 is 1.05 bits per heavy atom. The van der Waals surface area contributed by atoms with E-state index in [1.807, 2.05) is 13.1 Å². The van der Waals surface area contributed by atoms with Crippen LogP contribution in [0.5, 0.6) is 23.0 Å². The molecule has 10 heteroatoms. The van der Waals surface area contributed by atoms with Crippen molar-refractivity contribution in [3.05, 3.63) is 47.0 Å². The molecular formula is C28H33NO9. The maximum atomic E-state index is 13.4. The van der Waals surface area contributed by atoms with Crippen LogP contribution in [0.15, 0.2) is 30.3 Å². The number of benzene rings is 2. The van der Waals surface area contributed by atoms with Gasteiger partial charge in [-0.3, -0.25) is 4.90 Å². The Morgan fingerprint density at radius 2 is 1.82 bits per heavy atom. The van der Waals surface area contributed by atoms with Gasteiger partial charge in [0.1, 0.15) is 12.2 Å². The van der Waals surface area contributed by atoms with Crippen LogP contribution in [-0.2, 0) is 24.4 Å². The highest BCUT2D eigenvalue weighted by Gasteiger charge is 2.83. The Morgan fingerprint density at radius 3 is 2.50 bits per heavy atom. The van der Waals surface area contributed by atoms with E-state index in [2.05, 4.69) is 4.90 Å². The number of methoxy groups -OCH3 is 4. The zero-order chi connectivity index (χ0) is 27.0. The molecule has 204 valence electrons. The minimum Gasteiger partial charge on any atom is -0.504 e. The van der Waals surface area contributed by atoms with Crippen molar-refractivity contribution in [2.75, 3.05) is 42.0 Å². The van der Waals surface area contributed by atoms with Crippen LogP contribution in [-0.4, -0.2) is 86.6 Å². The molecule has 10 nitrogen and oxygen atoms in total. The lowest BCUT2D eigenvalue weighted by Gasteiger charge is -2.61. The summed E-state index contributed by atoms with van der Waals surface area (Å²) < 4.78 is 36.0. The lowest BCUT2D eigenvalue weighted by atomic mass is 9.50.